The van der Waals surface area contributed by atoms with E-state index in [0.717, 1.165) is 32.7 Å². The van der Waals surface area contributed by atoms with Crippen molar-refractivity contribution in [3.8, 4) is 68.3 Å². The van der Waals surface area contributed by atoms with E-state index in [1.807, 2.05) is 146 Å². The van der Waals surface area contributed by atoms with Crippen LogP contribution in [0, 0.1) is 27.7 Å². The molecule has 0 amide bonds. The van der Waals surface area contributed by atoms with Crippen molar-refractivity contribution in [2.75, 3.05) is 0 Å². The topological polar surface area (TPSA) is 126 Å². The van der Waals surface area contributed by atoms with Crippen LogP contribution in [0.15, 0.2) is 158 Å². The summed E-state index contributed by atoms with van der Waals surface area (Å²) in [6.45, 7) is 7.21. The first-order valence-corrected chi connectivity index (χ1v) is 22.5. The molecular formula is C56H38F3N11. The molecule has 0 N–H and O–H groups in total. The van der Waals surface area contributed by atoms with Crippen LogP contribution in [0.25, 0.3) is 112 Å². The predicted molar refractivity (Wildman–Crippen MR) is 266 cm³/mol. The average molecular weight is 922 g/mol. The Balaban J connectivity index is 1.21. The zero-order valence-electron chi connectivity index (χ0n) is 38.1. The molecule has 5 aromatic heterocycles. The number of benzene rings is 7. The van der Waals surface area contributed by atoms with Crippen molar-refractivity contribution in [3.05, 3.63) is 187 Å². The quantitative estimate of drug-likeness (QED) is 0.154. The summed E-state index contributed by atoms with van der Waals surface area (Å²) in [7, 11) is 0. The van der Waals surface area contributed by atoms with Crippen LogP contribution in [0.3, 0.4) is 0 Å². The zero-order chi connectivity index (χ0) is 47.8. The van der Waals surface area contributed by atoms with Gasteiger partial charge in [0.25, 0.3) is 0 Å². The van der Waals surface area contributed by atoms with Crippen molar-refractivity contribution in [1.82, 2.24) is 54.0 Å². The molecule has 12 rings (SSSR count). The molecule has 0 aliphatic carbocycles. The lowest BCUT2D eigenvalue weighted by Crippen LogP contribution is -2.16. The molecule has 14 heteroatoms. The number of aromatic nitrogens is 11. The number of fused-ring (bicyclic) bond motifs is 6. The van der Waals surface area contributed by atoms with E-state index in [0.29, 0.717) is 85.4 Å². The van der Waals surface area contributed by atoms with Gasteiger partial charge in [-0.3, -0.25) is 0 Å². The van der Waals surface area contributed by atoms with Crippen LogP contribution in [0.5, 0.6) is 0 Å². The van der Waals surface area contributed by atoms with Gasteiger partial charge in [-0.2, -0.15) is 13.2 Å². The third-order valence-corrected chi connectivity index (χ3v) is 12.4. The normalized spacial score (nSPS) is 11.9. The largest absolute Gasteiger partial charge is 0.420 e. The SMILES string of the molecule is Cc1nc(C)nc(-c2ccc3c(c2)c2ccccc2n3-c2cc(-c3nc(-c4ccccc4)nc(-c4ccccc4)n3)cc(-n3c4ccccc4c4cc(-c5nc(C)nc(C)n5)ccc43)c2C(F)(F)F)n1. The molecule has 0 unspecified atom stereocenters. The fraction of sp³-hybridized carbons (Fsp3) is 0.0893. The van der Waals surface area contributed by atoms with Gasteiger partial charge in [-0.05, 0) is 88.4 Å². The van der Waals surface area contributed by atoms with E-state index in [9.17, 15) is 0 Å². The van der Waals surface area contributed by atoms with Crippen LogP contribution in [0.1, 0.15) is 28.9 Å². The monoisotopic (exact) mass is 921 g/mol. The van der Waals surface area contributed by atoms with E-state index >= 15 is 13.2 Å². The van der Waals surface area contributed by atoms with Crippen molar-refractivity contribution in [2.45, 2.75) is 33.9 Å². The Labute approximate surface area is 398 Å². The molecule has 0 radical (unpaired) electrons. The molecular weight excluding hydrogens is 884 g/mol. The van der Waals surface area contributed by atoms with Crippen molar-refractivity contribution in [1.29, 1.82) is 0 Å². The summed E-state index contributed by atoms with van der Waals surface area (Å²) >= 11 is 0. The van der Waals surface area contributed by atoms with Crippen LogP contribution in [0.2, 0.25) is 0 Å². The maximum Gasteiger partial charge on any atom is 0.420 e. The summed E-state index contributed by atoms with van der Waals surface area (Å²) in [6.07, 6.45) is -4.90. The lowest BCUT2D eigenvalue weighted by Gasteiger charge is -2.23. The highest BCUT2D eigenvalue weighted by Gasteiger charge is 2.40. The second-order valence-electron chi connectivity index (χ2n) is 17.1. The minimum absolute atomic E-state index is 0.118. The average Bonchev–Trinajstić information content (AvgIpc) is 3.87. The molecule has 0 saturated carbocycles. The number of alkyl halides is 3. The molecule has 0 atom stereocenters. The summed E-state index contributed by atoms with van der Waals surface area (Å²) in [5, 5.41) is 2.92. The first-order valence-electron chi connectivity index (χ1n) is 22.5. The third-order valence-electron chi connectivity index (χ3n) is 12.4. The molecule has 12 aromatic rings. The number of halogens is 3. The summed E-state index contributed by atoms with van der Waals surface area (Å²) in [6, 6.07) is 48.3. The van der Waals surface area contributed by atoms with Gasteiger partial charge in [0.2, 0.25) is 0 Å². The number of nitrogens with zero attached hydrogens (tertiary/aromatic N) is 11. The van der Waals surface area contributed by atoms with Crippen LogP contribution in [-0.2, 0) is 6.18 Å². The Morgan fingerprint density at radius 3 is 1.06 bits per heavy atom. The van der Waals surface area contributed by atoms with Gasteiger partial charge in [-0.1, -0.05) is 97.1 Å². The molecule has 0 aliphatic heterocycles. The van der Waals surface area contributed by atoms with Gasteiger partial charge in [-0.25, -0.2) is 44.9 Å². The lowest BCUT2D eigenvalue weighted by molar-refractivity contribution is -0.137. The fourth-order valence-corrected chi connectivity index (χ4v) is 9.55. The molecule has 0 bridgehead atoms. The highest BCUT2D eigenvalue weighted by Crippen LogP contribution is 2.46. The highest BCUT2D eigenvalue weighted by atomic mass is 19.4. The number of hydrogen-bond acceptors (Lipinski definition) is 9. The molecule has 11 nitrogen and oxygen atoms in total. The molecule has 338 valence electrons. The van der Waals surface area contributed by atoms with E-state index in [1.54, 1.807) is 49.0 Å². The minimum Gasteiger partial charge on any atom is -0.309 e. The van der Waals surface area contributed by atoms with Gasteiger partial charge in [0.1, 0.15) is 28.9 Å². The van der Waals surface area contributed by atoms with E-state index < -0.39 is 11.7 Å². The van der Waals surface area contributed by atoms with E-state index in [1.165, 1.54) is 0 Å². The molecule has 5 heterocycles. The Morgan fingerprint density at radius 1 is 0.314 bits per heavy atom. The summed E-state index contributed by atoms with van der Waals surface area (Å²) in [5.74, 6) is 4.11. The van der Waals surface area contributed by atoms with Crippen molar-refractivity contribution < 1.29 is 13.2 Å². The Morgan fingerprint density at radius 2 is 0.657 bits per heavy atom. The maximum atomic E-state index is 16.8. The van der Waals surface area contributed by atoms with Crippen LogP contribution < -0.4 is 0 Å². The Hall–Kier alpha value is -9.04. The van der Waals surface area contributed by atoms with Gasteiger partial charge < -0.3 is 9.13 Å². The Bertz CT molecular complexity index is 3760. The van der Waals surface area contributed by atoms with E-state index in [-0.39, 0.29) is 17.2 Å². The Kier molecular flexibility index (Phi) is 9.88. The molecule has 0 aliphatic rings. The van der Waals surface area contributed by atoms with E-state index in [4.69, 9.17) is 15.0 Å². The number of para-hydroxylation sites is 2. The molecule has 7 aromatic carbocycles. The van der Waals surface area contributed by atoms with Gasteiger partial charge in [0, 0.05) is 49.4 Å². The smallest absolute Gasteiger partial charge is 0.309 e. The summed E-state index contributed by atoms with van der Waals surface area (Å²) in [4.78, 5) is 42.2. The van der Waals surface area contributed by atoms with Crippen LogP contribution in [0.4, 0.5) is 13.2 Å². The summed E-state index contributed by atoms with van der Waals surface area (Å²) < 4.78 is 53.8. The minimum atomic E-state index is -4.90. The van der Waals surface area contributed by atoms with Gasteiger partial charge in [0.15, 0.2) is 29.1 Å². The standard InChI is InChI=1S/C56H38F3N11/c1-31-60-32(2)63-53(62-31)37-23-25-46-42(27-37)40-19-11-13-21-44(40)69(46)48-29-39(55-67-51(35-15-7-5-8-16-35)66-52(68-55)36-17-9-6-10-18-36)30-49(50(48)56(57,58)59)70-45-22-14-12-20-41(45)43-28-38(24-26-47(43)70)54-64-33(3)61-34(4)65-54/h5-30H,1-4H3. The van der Waals surface area contributed by atoms with Gasteiger partial charge in [0.05, 0.1) is 33.4 Å². The van der Waals surface area contributed by atoms with Crippen LogP contribution >= 0.6 is 0 Å². The van der Waals surface area contributed by atoms with Crippen LogP contribution in [-0.4, -0.2) is 54.0 Å². The number of rotatable bonds is 7. The number of aryl methyl sites for hydroxylation is 4. The maximum absolute atomic E-state index is 16.8. The molecule has 0 saturated heterocycles. The fourth-order valence-electron chi connectivity index (χ4n) is 9.55. The first kappa shape index (κ1) is 42.3. The molecule has 0 fully saturated rings. The van der Waals surface area contributed by atoms with Gasteiger partial charge in [-0.15, -0.1) is 0 Å². The zero-order valence-corrected chi connectivity index (χ0v) is 38.1. The number of hydrogen-bond donors (Lipinski definition) is 0. The van der Waals surface area contributed by atoms with Gasteiger partial charge >= 0.3 is 6.18 Å². The van der Waals surface area contributed by atoms with Crippen molar-refractivity contribution in [3.63, 3.8) is 0 Å². The lowest BCUT2D eigenvalue weighted by atomic mass is 10.0. The van der Waals surface area contributed by atoms with E-state index in [2.05, 4.69) is 29.9 Å². The summed E-state index contributed by atoms with van der Waals surface area (Å²) in [5.41, 5.74) is 4.30. The highest BCUT2D eigenvalue weighted by molar-refractivity contribution is 6.12. The second-order valence-corrected chi connectivity index (χ2v) is 17.1. The van der Waals surface area contributed by atoms with Crippen molar-refractivity contribution >= 4 is 43.6 Å². The molecule has 70 heavy (non-hydrogen) atoms. The molecule has 0 spiro atoms. The predicted octanol–water partition coefficient (Wildman–Crippen LogP) is 13.0. The van der Waals surface area contributed by atoms with Crippen molar-refractivity contribution in [2.24, 2.45) is 0 Å². The second kappa shape index (κ2) is 16.3. The first-order chi connectivity index (χ1) is 33.9. The third kappa shape index (κ3) is 7.28.